The number of aromatic nitrogens is 2. The molecular weight excluding hydrogens is 398 g/mol. The van der Waals surface area contributed by atoms with Crippen molar-refractivity contribution in [3.05, 3.63) is 43.9 Å². The van der Waals surface area contributed by atoms with Crippen LogP contribution in [0.5, 0.6) is 0 Å². The number of hydrogen-bond acceptors (Lipinski definition) is 8. The van der Waals surface area contributed by atoms with E-state index in [4.69, 9.17) is 9.47 Å². The third kappa shape index (κ3) is 5.08. The number of hydrogen-bond donors (Lipinski definition) is 1. The van der Waals surface area contributed by atoms with Gasteiger partial charge >= 0.3 is 11.9 Å². The molecule has 0 aromatic carbocycles. The van der Waals surface area contributed by atoms with E-state index in [2.05, 4.69) is 10.3 Å². The van der Waals surface area contributed by atoms with Crippen molar-refractivity contribution in [1.82, 2.24) is 9.55 Å². The van der Waals surface area contributed by atoms with Gasteiger partial charge in [-0.2, -0.15) is 0 Å². The average molecular weight is 421 g/mol. The molecule has 0 saturated heterocycles. The van der Waals surface area contributed by atoms with Gasteiger partial charge in [0.1, 0.15) is 22.2 Å². The fourth-order valence-corrected chi connectivity index (χ4v) is 3.81. The molecule has 0 aliphatic rings. The topological polar surface area (TPSA) is 117 Å². The number of esters is 2. The van der Waals surface area contributed by atoms with Crippen LogP contribution in [0, 0.1) is 20.8 Å². The van der Waals surface area contributed by atoms with Crippen LogP contribution in [0.3, 0.4) is 0 Å². The fraction of sp³-hybridized carbons (Fsp3) is 0.421. The summed E-state index contributed by atoms with van der Waals surface area (Å²) in [6.45, 7) is 8.26. The van der Waals surface area contributed by atoms with Gasteiger partial charge in [0, 0.05) is 11.8 Å². The summed E-state index contributed by atoms with van der Waals surface area (Å²) in [7, 11) is 0. The Bertz CT molecular complexity index is 1010. The summed E-state index contributed by atoms with van der Waals surface area (Å²) in [5.74, 6) is -1.39. The molecule has 2 rings (SSSR count). The van der Waals surface area contributed by atoms with Crippen molar-refractivity contribution in [3.8, 4) is 0 Å². The third-order valence-electron chi connectivity index (χ3n) is 3.97. The largest absolute Gasteiger partial charge is 0.462 e. The second-order valence-corrected chi connectivity index (χ2v) is 7.14. The molecule has 1 N–H and O–H groups in total. The molecule has 0 saturated carbocycles. The standard InChI is InChI=1S/C19H23N3O6S/c1-6-27-18(25)15-11(4)16(19(26)28-7-2)29-17(15)21-13(23)9-22-12(5)20-10(3)8-14(22)24/h8H,6-7,9H2,1-5H3,(H,21,23). The molecule has 0 spiro atoms. The van der Waals surface area contributed by atoms with Crippen LogP contribution in [-0.4, -0.2) is 40.6 Å². The molecule has 0 bridgehead atoms. The van der Waals surface area contributed by atoms with E-state index in [-0.39, 0.29) is 40.8 Å². The first-order chi connectivity index (χ1) is 13.7. The minimum Gasteiger partial charge on any atom is -0.462 e. The second-order valence-electron chi connectivity index (χ2n) is 6.12. The Balaban J connectivity index is 2.36. The van der Waals surface area contributed by atoms with Crippen molar-refractivity contribution in [3.63, 3.8) is 0 Å². The maximum Gasteiger partial charge on any atom is 0.348 e. The molecule has 2 heterocycles. The van der Waals surface area contributed by atoms with Crippen LogP contribution in [0.15, 0.2) is 10.9 Å². The maximum absolute atomic E-state index is 12.6. The van der Waals surface area contributed by atoms with Crippen LogP contribution in [0.2, 0.25) is 0 Å². The fourth-order valence-electron chi connectivity index (χ4n) is 2.71. The molecule has 0 aliphatic carbocycles. The predicted octanol–water partition coefficient (Wildman–Crippen LogP) is 2.22. The molecule has 10 heteroatoms. The number of carbonyl (C=O) groups excluding carboxylic acids is 3. The first kappa shape index (κ1) is 22.3. The molecule has 1 amide bonds. The van der Waals surface area contributed by atoms with Gasteiger partial charge in [0.2, 0.25) is 5.91 Å². The summed E-state index contributed by atoms with van der Waals surface area (Å²) in [5, 5.41) is 2.78. The zero-order valence-electron chi connectivity index (χ0n) is 17.0. The molecule has 0 aliphatic heterocycles. The Hall–Kier alpha value is -3.01. The van der Waals surface area contributed by atoms with Crippen LogP contribution < -0.4 is 10.9 Å². The van der Waals surface area contributed by atoms with Crippen LogP contribution in [0.4, 0.5) is 5.00 Å². The summed E-state index contributed by atoms with van der Waals surface area (Å²) in [5.41, 5.74) is 0.666. The Morgan fingerprint density at radius 3 is 2.31 bits per heavy atom. The highest BCUT2D eigenvalue weighted by molar-refractivity contribution is 7.18. The van der Waals surface area contributed by atoms with E-state index in [1.54, 1.807) is 34.6 Å². The smallest absolute Gasteiger partial charge is 0.348 e. The van der Waals surface area contributed by atoms with Gasteiger partial charge < -0.3 is 14.8 Å². The van der Waals surface area contributed by atoms with E-state index in [0.29, 0.717) is 17.1 Å². The first-order valence-electron chi connectivity index (χ1n) is 9.02. The molecule has 29 heavy (non-hydrogen) atoms. The van der Waals surface area contributed by atoms with Gasteiger partial charge in [-0.15, -0.1) is 11.3 Å². The van der Waals surface area contributed by atoms with Gasteiger partial charge in [0.15, 0.2) is 0 Å². The number of nitrogens with one attached hydrogen (secondary N) is 1. The van der Waals surface area contributed by atoms with E-state index in [1.807, 2.05) is 0 Å². The predicted molar refractivity (Wildman–Crippen MR) is 108 cm³/mol. The van der Waals surface area contributed by atoms with Crippen molar-refractivity contribution in [2.24, 2.45) is 0 Å². The molecule has 0 unspecified atom stereocenters. The lowest BCUT2D eigenvalue weighted by atomic mass is 10.1. The van der Waals surface area contributed by atoms with E-state index in [9.17, 15) is 19.2 Å². The Morgan fingerprint density at radius 2 is 1.72 bits per heavy atom. The van der Waals surface area contributed by atoms with E-state index < -0.39 is 17.8 Å². The molecule has 2 aromatic rings. The highest BCUT2D eigenvalue weighted by Gasteiger charge is 2.27. The summed E-state index contributed by atoms with van der Waals surface area (Å²) < 4.78 is 11.3. The zero-order valence-corrected chi connectivity index (χ0v) is 17.8. The second kappa shape index (κ2) is 9.46. The number of thiophene rings is 1. The Kier molecular flexibility index (Phi) is 7.27. The molecule has 156 valence electrons. The van der Waals surface area contributed by atoms with Gasteiger partial charge in [-0.1, -0.05) is 0 Å². The number of ether oxygens (including phenoxy) is 2. The molecule has 0 fully saturated rings. The summed E-state index contributed by atoms with van der Waals surface area (Å²) in [6, 6.07) is 1.33. The molecule has 0 atom stereocenters. The number of anilines is 1. The number of rotatable bonds is 7. The van der Waals surface area contributed by atoms with Crippen LogP contribution in [0.1, 0.15) is 51.0 Å². The lowest BCUT2D eigenvalue weighted by Crippen LogP contribution is -2.30. The van der Waals surface area contributed by atoms with E-state index >= 15 is 0 Å². The van der Waals surface area contributed by atoms with Gasteiger partial charge in [-0.05, 0) is 40.2 Å². The van der Waals surface area contributed by atoms with E-state index in [0.717, 1.165) is 11.3 Å². The van der Waals surface area contributed by atoms with Crippen molar-refractivity contribution >= 4 is 34.2 Å². The minimum absolute atomic E-state index is 0.0966. The number of amides is 1. The van der Waals surface area contributed by atoms with Crippen molar-refractivity contribution < 1.29 is 23.9 Å². The van der Waals surface area contributed by atoms with Crippen LogP contribution in [-0.2, 0) is 20.8 Å². The van der Waals surface area contributed by atoms with E-state index in [1.165, 1.54) is 10.6 Å². The maximum atomic E-state index is 12.6. The highest BCUT2D eigenvalue weighted by atomic mass is 32.1. The zero-order chi connectivity index (χ0) is 21.7. The normalized spacial score (nSPS) is 10.5. The Labute approximate surface area is 171 Å². The van der Waals surface area contributed by atoms with Gasteiger partial charge in [0.25, 0.3) is 5.56 Å². The molecule has 2 aromatic heterocycles. The molecular formula is C19H23N3O6S. The monoisotopic (exact) mass is 421 g/mol. The van der Waals surface area contributed by atoms with Gasteiger partial charge in [-0.3, -0.25) is 14.2 Å². The number of carbonyl (C=O) groups is 3. The van der Waals surface area contributed by atoms with Crippen LogP contribution >= 0.6 is 11.3 Å². The van der Waals surface area contributed by atoms with Crippen LogP contribution in [0.25, 0.3) is 0 Å². The van der Waals surface area contributed by atoms with Gasteiger partial charge in [-0.25, -0.2) is 14.6 Å². The quantitative estimate of drug-likeness (QED) is 0.681. The highest BCUT2D eigenvalue weighted by Crippen LogP contribution is 2.34. The van der Waals surface area contributed by atoms with Crippen molar-refractivity contribution in [2.45, 2.75) is 41.2 Å². The molecule has 0 radical (unpaired) electrons. The SMILES string of the molecule is CCOC(=O)c1sc(NC(=O)Cn2c(C)nc(C)cc2=O)c(C(=O)OCC)c1C. The number of nitrogens with zero attached hydrogens (tertiary/aromatic N) is 2. The minimum atomic E-state index is -0.655. The average Bonchev–Trinajstić information content (AvgIpc) is 2.94. The van der Waals surface area contributed by atoms with Gasteiger partial charge in [0.05, 0.1) is 18.8 Å². The van der Waals surface area contributed by atoms with Crippen molar-refractivity contribution in [2.75, 3.05) is 18.5 Å². The lowest BCUT2D eigenvalue weighted by molar-refractivity contribution is -0.116. The Morgan fingerprint density at radius 1 is 1.10 bits per heavy atom. The molecule has 9 nitrogen and oxygen atoms in total. The summed E-state index contributed by atoms with van der Waals surface area (Å²) in [6.07, 6.45) is 0. The van der Waals surface area contributed by atoms with Crippen molar-refractivity contribution in [1.29, 1.82) is 0 Å². The first-order valence-corrected chi connectivity index (χ1v) is 9.83. The lowest BCUT2D eigenvalue weighted by Gasteiger charge is -2.10. The number of aryl methyl sites for hydroxylation is 2. The summed E-state index contributed by atoms with van der Waals surface area (Å²) >= 11 is 0.928. The third-order valence-corrected chi connectivity index (χ3v) is 5.16. The summed E-state index contributed by atoms with van der Waals surface area (Å²) in [4.78, 5) is 53.6.